The average molecular weight is 352 g/mol. The monoisotopic (exact) mass is 352 g/mol. The van der Waals surface area contributed by atoms with Gasteiger partial charge in [-0.25, -0.2) is 0 Å². The smallest absolute Gasteiger partial charge is 0.283 e. The fraction of sp³-hybridized carbons (Fsp3) is 0.200. The van der Waals surface area contributed by atoms with Gasteiger partial charge in [0.15, 0.2) is 4.80 Å². The first-order valence-electron chi connectivity index (χ1n) is 7.97. The maximum Gasteiger partial charge on any atom is 0.283 e. The molecule has 3 aromatic rings. The lowest BCUT2D eigenvalue weighted by molar-refractivity contribution is 0.0995. The number of hydrogen-bond donors (Lipinski definition) is 0. The van der Waals surface area contributed by atoms with Crippen LogP contribution >= 0.6 is 11.3 Å². The Morgan fingerprint density at radius 3 is 2.44 bits per heavy atom. The zero-order chi connectivity index (χ0) is 18.0. The van der Waals surface area contributed by atoms with Crippen LogP contribution in [0.1, 0.15) is 20.8 Å². The predicted octanol–water partition coefficient (Wildman–Crippen LogP) is 4.12. The number of ether oxygens (including phenoxy) is 1. The molecular formula is C20H20N2O2S. The molecule has 2 aromatic carbocycles. The summed E-state index contributed by atoms with van der Waals surface area (Å²) in [5, 5.41) is 0. The van der Waals surface area contributed by atoms with Gasteiger partial charge in [0.05, 0.1) is 18.4 Å². The Morgan fingerprint density at radius 1 is 1.08 bits per heavy atom. The fourth-order valence-electron chi connectivity index (χ4n) is 2.76. The molecule has 0 radical (unpaired) electrons. The molecule has 0 spiro atoms. The summed E-state index contributed by atoms with van der Waals surface area (Å²) in [6, 6.07) is 15.5. The van der Waals surface area contributed by atoms with E-state index in [4.69, 9.17) is 4.74 Å². The van der Waals surface area contributed by atoms with Crippen molar-refractivity contribution < 1.29 is 9.53 Å². The van der Waals surface area contributed by atoms with E-state index in [1.54, 1.807) is 19.2 Å². The normalized spacial score (nSPS) is 11.6. The van der Waals surface area contributed by atoms with Crippen LogP contribution in [0.25, 0.3) is 11.3 Å². The van der Waals surface area contributed by atoms with E-state index in [2.05, 4.69) is 36.2 Å². The van der Waals surface area contributed by atoms with Crippen LogP contribution in [0, 0.1) is 13.8 Å². The Hall–Kier alpha value is -2.66. The molecule has 0 aliphatic rings. The Morgan fingerprint density at radius 2 is 1.76 bits per heavy atom. The van der Waals surface area contributed by atoms with Crippen LogP contribution in [0.15, 0.2) is 53.5 Å². The standard InChI is InChI=1S/C20H20N2O2S/c1-13-9-11-15(12-10-13)18-14(2)25-20(22(18)3)21-19(23)16-7-5-6-8-17(16)24-4/h5-12H,1-4H3. The third-order valence-corrected chi connectivity index (χ3v) is 5.11. The van der Waals surface area contributed by atoms with Crippen LogP contribution in [0.2, 0.25) is 0 Å². The highest BCUT2D eigenvalue weighted by molar-refractivity contribution is 7.09. The lowest BCUT2D eigenvalue weighted by atomic mass is 10.1. The van der Waals surface area contributed by atoms with Gasteiger partial charge in [0.2, 0.25) is 0 Å². The average Bonchev–Trinajstić information content (AvgIpc) is 2.89. The highest BCUT2D eigenvalue weighted by atomic mass is 32.1. The van der Waals surface area contributed by atoms with E-state index in [-0.39, 0.29) is 5.91 Å². The zero-order valence-corrected chi connectivity index (χ0v) is 15.6. The maximum absolute atomic E-state index is 12.6. The summed E-state index contributed by atoms with van der Waals surface area (Å²) < 4.78 is 7.23. The molecular weight excluding hydrogens is 332 g/mol. The molecule has 0 atom stereocenters. The quantitative estimate of drug-likeness (QED) is 0.712. The van der Waals surface area contributed by atoms with Crippen molar-refractivity contribution in [2.45, 2.75) is 13.8 Å². The molecule has 3 rings (SSSR count). The second kappa shape index (κ2) is 7.07. The van der Waals surface area contributed by atoms with Gasteiger partial charge in [-0.3, -0.25) is 4.79 Å². The minimum atomic E-state index is -0.301. The summed E-state index contributed by atoms with van der Waals surface area (Å²) in [6.45, 7) is 4.11. The van der Waals surface area contributed by atoms with E-state index in [9.17, 15) is 4.79 Å². The molecule has 4 nitrogen and oxygen atoms in total. The van der Waals surface area contributed by atoms with Gasteiger partial charge in [-0.1, -0.05) is 42.0 Å². The topological polar surface area (TPSA) is 43.6 Å². The zero-order valence-electron chi connectivity index (χ0n) is 14.7. The molecule has 25 heavy (non-hydrogen) atoms. The molecule has 0 aliphatic carbocycles. The number of aryl methyl sites for hydroxylation is 2. The lowest BCUT2D eigenvalue weighted by Gasteiger charge is -2.05. The molecule has 0 bridgehead atoms. The van der Waals surface area contributed by atoms with Crippen molar-refractivity contribution in [1.29, 1.82) is 0 Å². The molecule has 1 heterocycles. The van der Waals surface area contributed by atoms with Gasteiger partial charge in [-0.05, 0) is 31.5 Å². The van der Waals surface area contributed by atoms with E-state index in [1.807, 2.05) is 30.7 Å². The molecule has 0 unspecified atom stereocenters. The van der Waals surface area contributed by atoms with Gasteiger partial charge < -0.3 is 9.30 Å². The van der Waals surface area contributed by atoms with Crippen LogP contribution in [0.4, 0.5) is 0 Å². The third-order valence-electron chi connectivity index (χ3n) is 4.06. The maximum atomic E-state index is 12.6. The molecule has 0 N–H and O–H groups in total. The number of carbonyl (C=O) groups is 1. The minimum Gasteiger partial charge on any atom is -0.496 e. The first-order chi connectivity index (χ1) is 12.0. The van der Waals surface area contributed by atoms with Crippen molar-refractivity contribution >= 4 is 17.2 Å². The minimum absolute atomic E-state index is 0.301. The number of aromatic nitrogens is 1. The van der Waals surface area contributed by atoms with E-state index >= 15 is 0 Å². The summed E-state index contributed by atoms with van der Waals surface area (Å²) in [4.78, 5) is 18.7. The van der Waals surface area contributed by atoms with Crippen LogP contribution < -0.4 is 9.54 Å². The van der Waals surface area contributed by atoms with Crippen molar-refractivity contribution in [3.8, 4) is 17.0 Å². The summed E-state index contributed by atoms with van der Waals surface area (Å²) in [6.07, 6.45) is 0. The second-order valence-electron chi connectivity index (χ2n) is 5.83. The molecule has 1 amide bonds. The van der Waals surface area contributed by atoms with Crippen LogP contribution in [-0.2, 0) is 7.05 Å². The summed E-state index contributed by atoms with van der Waals surface area (Å²) in [5.41, 5.74) is 3.88. The van der Waals surface area contributed by atoms with Crippen LogP contribution in [0.3, 0.4) is 0 Å². The van der Waals surface area contributed by atoms with Crippen molar-refractivity contribution in [3.63, 3.8) is 0 Å². The Bertz CT molecular complexity index is 982. The first kappa shape index (κ1) is 17.2. The molecule has 0 saturated carbocycles. The number of hydrogen-bond acceptors (Lipinski definition) is 3. The highest BCUT2D eigenvalue weighted by Gasteiger charge is 2.14. The number of para-hydroxylation sites is 1. The van der Waals surface area contributed by atoms with Crippen molar-refractivity contribution in [1.82, 2.24) is 4.57 Å². The fourth-order valence-corrected chi connectivity index (χ4v) is 3.74. The van der Waals surface area contributed by atoms with E-state index < -0.39 is 0 Å². The lowest BCUT2D eigenvalue weighted by Crippen LogP contribution is -2.14. The number of carbonyl (C=O) groups excluding carboxylic acids is 1. The Balaban J connectivity index is 2.06. The Labute approximate surface area is 151 Å². The highest BCUT2D eigenvalue weighted by Crippen LogP contribution is 2.25. The van der Waals surface area contributed by atoms with Crippen molar-refractivity contribution in [2.24, 2.45) is 12.0 Å². The number of benzene rings is 2. The number of methoxy groups -OCH3 is 1. The van der Waals surface area contributed by atoms with Gasteiger partial charge in [-0.15, -0.1) is 11.3 Å². The summed E-state index contributed by atoms with van der Waals surface area (Å²) in [5.74, 6) is 0.232. The van der Waals surface area contributed by atoms with Gasteiger partial charge in [0.25, 0.3) is 5.91 Å². The first-order valence-corrected chi connectivity index (χ1v) is 8.78. The summed E-state index contributed by atoms with van der Waals surface area (Å²) in [7, 11) is 3.49. The Kier molecular flexibility index (Phi) is 4.86. The van der Waals surface area contributed by atoms with Gasteiger partial charge in [0.1, 0.15) is 5.75 Å². The molecule has 0 fully saturated rings. The summed E-state index contributed by atoms with van der Waals surface area (Å²) >= 11 is 1.51. The molecule has 1 aromatic heterocycles. The number of rotatable bonds is 3. The van der Waals surface area contributed by atoms with Gasteiger partial charge >= 0.3 is 0 Å². The third kappa shape index (κ3) is 3.42. The molecule has 0 aliphatic heterocycles. The molecule has 0 saturated heterocycles. The van der Waals surface area contributed by atoms with E-state index in [1.165, 1.54) is 16.9 Å². The predicted molar refractivity (Wildman–Crippen MR) is 101 cm³/mol. The molecule has 128 valence electrons. The molecule has 5 heteroatoms. The van der Waals surface area contributed by atoms with Crippen molar-refractivity contribution in [3.05, 3.63) is 69.3 Å². The van der Waals surface area contributed by atoms with Gasteiger partial charge in [0, 0.05) is 11.9 Å². The van der Waals surface area contributed by atoms with Crippen molar-refractivity contribution in [2.75, 3.05) is 7.11 Å². The number of nitrogens with zero attached hydrogens (tertiary/aromatic N) is 2. The second-order valence-corrected chi connectivity index (χ2v) is 7.01. The number of thiazole rings is 1. The number of amides is 1. The van der Waals surface area contributed by atoms with Crippen LogP contribution in [-0.4, -0.2) is 17.6 Å². The largest absolute Gasteiger partial charge is 0.496 e. The van der Waals surface area contributed by atoms with Gasteiger partial charge in [-0.2, -0.15) is 4.99 Å². The SMILES string of the molecule is COc1ccccc1C(=O)N=c1sc(C)c(-c2ccc(C)cc2)n1C. The van der Waals surface area contributed by atoms with Crippen LogP contribution in [0.5, 0.6) is 5.75 Å². The van der Waals surface area contributed by atoms with E-state index in [0.29, 0.717) is 16.1 Å². The van der Waals surface area contributed by atoms with E-state index in [0.717, 1.165) is 16.1 Å².